The predicted octanol–water partition coefficient (Wildman–Crippen LogP) is 1.77. The highest BCUT2D eigenvalue weighted by atomic mass is 127. The van der Waals surface area contributed by atoms with Gasteiger partial charge in [-0.2, -0.15) is 0 Å². The molecule has 0 spiro atoms. The number of rotatable bonds is 12. The Labute approximate surface area is 195 Å². The van der Waals surface area contributed by atoms with Gasteiger partial charge in [0.05, 0.1) is 11.9 Å². The molecular formula is C19H42IN5O3S. The van der Waals surface area contributed by atoms with Crippen LogP contribution >= 0.6 is 24.0 Å². The summed E-state index contributed by atoms with van der Waals surface area (Å²) in [5.41, 5.74) is 0. The van der Waals surface area contributed by atoms with Gasteiger partial charge >= 0.3 is 0 Å². The van der Waals surface area contributed by atoms with Crippen molar-refractivity contribution in [3.8, 4) is 0 Å². The van der Waals surface area contributed by atoms with E-state index in [1.165, 1.54) is 0 Å². The number of nitrogens with zero attached hydrogens (tertiary/aromatic N) is 2. The zero-order valence-corrected chi connectivity index (χ0v) is 21.9. The van der Waals surface area contributed by atoms with Gasteiger partial charge in [-0.25, -0.2) is 13.1 Å². The maximum atomic E-state index is 12.1. The van der Waals surface area contributed by atoms with Crippen molar-refractivity contribution >= 4 is 40.0 Å². The molecule has 174 valence electrons. The summed E-state index contributed by atoms with van der Waals surface area (Å²) in [4.78, 5) is 6.61. The first-order valence-corrected chi connectivity index (χ1v) is 12.2. The topological polar surface area (TPSA) is 95.1 Å². The highest BCUT2D eigenvalue weighted by Gasteiger charge is 2.17. The Hall–Kier alpha value is -0.170. The summed E-state index contributed by atoms with van der Waals surface area (Å²) in [7, 11) is -1.63. The Morgan fingerprint density at radius 1 is 1.14 bits per heavy atom. The minimum absolute atomic E-state index is 0. The van der Waals surface area contributed by atoms with Crippen molar-refractivity contribution < 1.29 is 13.2 Å². The zero-order valence-electron chi connectivity index (χ0n) is 18.7. The monoisotopic (exact) mass is 547 g/mol. The summed E-state index contributed by atoms with van der Waals surface area (Å²) in [5.74, 6) is 0.640. The standard InChI is InChI=1S/C19H41N5O3S.HI/c1-16(2)24(17(3)4)12-8-10-21-19(20-5)22-11-14-28(25,26)23-15-18-9-6-7-13-27-18;/h16-18,23H,6-15H2,1-5H3,(H2,20,21,22);1H. The fourth-order valence-corrected chi connectivity index (χ4v) is 4.32. The normalized spacial score (nSPS) is 18.2. The van der Waals surface area contributed by atoms with Crippen LogP contribution in [0.4, 0.5) is 0 Å². The van der Waals surface area contributed by atoms with E-state index in [2.05, 4.69) is 52.9 Å². The van der Waals surface area contributed by atoms with Crippen molar-refractivity contribution in [2.75, 3.05) is 45.6 Å². The largest absolute Gasteiger partial charge is 0.377 e. The zero-order chi connectivity index (χ0) is 21.0. The molecule has 1 aliphatic rings. The van der Waals surface area contributed by atoms with Crippen LogP contribution in [0.3, 0.4) is 0 Å². The van der Waals surface area contributed by atoms with Crippen LogP contribution in [0.5, 0.6) is 0 Å². The molecule has 0 radical (unpaired) electrons. The highest BCUT2D eigenvalue weighted by molar-refractivity contribution is 14.0. The Balaban J connectivity index is 0.00000784. The van der Waals surface area contributed by atoms with Crippen molar-refractivity contribution in [1.82, 2.24) is 20.3 Å². The number of nitrogens with one attached hydrogen (secondary N) is 3. The van der Waals surface area contributed by atoms with Crippen LogP contribution < -0.4 is 15.4 Å². The molecule has 1 rings (SSSR count). The molecule has 10 heteroatoms. The average molecular weight is 548 g/mol. The number of guanidine groups is 1. The lowest BCUT2D eigenvalue weighted by atomic mass is 10.1. The minimum atomic E-state index is -3.32. The van der Waals surface area contributed by atoms with E-state index in [0.717, 1.165) is 45.4 Å². The molecule has 1 aliphatic heterocycles. The van der Waals surface area contributed by atoms with Crippen molar-refractivity contribution in [3.63, 3.8) is 0 Å². The summed E-state index contributed by atoms with van der Waals surface area (Å²) in [6.45, 7) is 12.0. The molecule has 0 aromatic carbocycles. The van der Waals surface area contributed by atoms with Gasteiger partial charge in [-0.05, 0) is 53.4 Å². The fourth-order valence-electron chi connectivity index (χ4n) is 3.37. The summed E-state index contributed by atoms with van der Waals surface area (Å²) in [5, 5.41) is 6.32. The van der Waals surface area contributed by atoms with Gasteiger partial charge in [0, 0.05) is 51.9 Å². The Bertz CT molecular complexity index is 544. The van der Waals surface area contributed by atoms with Crippen LogP contribution in [-0.2, 0) is 14.8 Å². The third kappa shape index (κ3) is 13.0. The van der Waals surface area contributed by atoms with Gasteiger partial charge in [0.1, 0.15) is 0 Å². The van der Waals surface area contributed by atoms with Crippen LogP contribution in [0.25, 0.3) is 0 Å². The van der Waals surface area contributed by atoms with E-state index in [0.29, 0.717) is 31.1 Å². The molecule has 3 N–H and O–H groups in total. The number of aliphatic imine (C=N–C) groups is 1. The number of hydrogen-bond acceptors (Lipinski definition) is 5. The molecule has 8 nitrogen and oxygen atoms in total. The van der Waals surface area contributed by atoms with Crippen LogP contribution in [0, 0.1) is 0 Å². The van der Waals surface area contributed by atoms with E-state index >= 15 is 0 Å². The van der Waals surface area contributed by atoms with E-state index in [9.17, 15) is 8.42 Å². The van der Waals surface area contributed by atoms with Gasteiger partial charge in [-0.3, -0.25) is 9.89 Å². The molecule has 0 bridgehead atoms. The Kier molecular flexibility index (Phi) is 15.5. The SMILES string of the molecule is CN=C(NCCCN(C(C)C)C(C)C)NCCS(=O)(=O)NCC1CCCCO1.I. The molecule has 1 unspecified atom stereocenters. The molecule has 1 fully saturated rings. The maximum Gasteiger partial charge on any atom is 0.213 e. The van der Waals surface area contributed by atoms with Gasteiger partial charge in [0.2, 0.25) is 10.0 Å². The summed E-state index contributed by atoms with van der Waals surface area (Å²) in [6.07, 6.45) is 4.08. The first kappa shape index (κ1) is 28.8. The van der Waals surface area contributed by atoms with Gasteiger partial charge in [0.25, 0.3) is 0 Å². The number of hydrogen-bond donors (Lipinski definition) is 3. The van der Waals surface area contributed by atoms with E-state index in [1.807, 2.05) is 0 Å². The van der Waals surface area contributed by atoms with Crippen molar-refractivity contribution in [2.45, 2.75) is 71.6 Å². The van der Waals surface area contributed by atoms with Crippen LogP contribution in [0.1, 0.15) is 53.4 Å². The smallest absolute Gasteiger partial charge is 0.213 e. The fraction of sp³-hybridized carbons (Fsp3) is 0.947. The molecule has 0 saturated carbocycles. The molecule has 0 aliphatic carbocycles. The van der Waals surface area contributed by atoms with E-state index in [1.54, 1.807) is 7.05 Å². The van der Waals surface area contributed by atoms with Crippen molar-refractivity contribution in [2.24, 2.45) is 4.99 Å². The molecule has 0 aromatic heterocycles. The molecule has 0 amide bonds. The van der Waals surface area contributed by atoms with Crippen molar-refractivity contribution in [1.29, 1.82) is 0 Å². The first-order valence-electron chi connectivity index (χ1n) is 10.5. The van der Waals surface area contributed by atoms with Gasteiger partial charge in [-0.15, -0.1) is 24.0 Å². The lowest BCUT2D eigenvalue weighted by Crippen LogP contribution is -2.43. The maximum absolute atomic E-state index is 12.1. The van der Waals surface area contributed by atoms with E-state index in [4.69, 9.17) is 4.74 Å². The Morgan fingerprint density at radius 3 is 2.34 bits per heavy atom. The van der Waals surface area contributed by atoms with Crippen molar-refractivity contribution in [3.05, 3.63) is 0 Å². The molecule has 1 heterocycles. The molecule has 1 atom stereocenters. The molecule has 1 saturated heterocycles. The van der Waals surface area contributed by atoms with E-state index < -0.39 is 10.0 Å². The van der Waals surface area contributed by atoms with E-state index in [-0.39, 0.29) is 35.8 Å². The third-order valence-corrected chi connectivity index (χ3v) is 6.25. The van der Waals surface area contributed by atoms with Crippen LogP contribution in [0.2, 0.25) is 0 Å². The lowest BCUT2D eigenvalue weighted by Gasteiger charge is -2.30. The minimum Gasteiger partial charge on any atom is -0.377 e. The highest BCUT2D eigenvalue weighted by Crippen LogP contribution is 2.11. The quantitative estimate of drug-likeness (QED) is 0.149. The van der Waals surface area contributed by atoms with Gasteiger partial charge in [0.15, 0.2) is 5.96 Å². The second-order valence-electron chi connectivity index (χ2n) is 7.86. The third-order valence-electron chi connectivity index (χ3n) is 4.90. The lowest BCUT2D eigenvalue weighted by molar-refractivity contribution is 0.0200. The predicted molar refractivity (Wildman–Crippen MR) is 132 cm³/mol. The average Bonchev–Trinajstić information content (AvgIpc) is 2.65. The summed E-state index contributed by atoms with van der Waals surface area (Å²) in [6, 6.07) is 1.04. The van der Waals surface area contributed by atoms with Gasteiger partial charge in [-0.1, -0.05) is 0 Å². The van der Waals surface area contributed by atoms with Gasteiger partial charge < -0.3 is 15.4 Å². The number of ether oxygens (including phenoxy) is 1. The second kappa shape index (κ2) is 15.6. The number of sulfonamides is 1. The molecule has 0 aromatic rings. The molecular weight excluding hydrogens is 505 g/mol. The Morgan fingerprint density at radius 2 is 1.79 bits per heavy atom. The molecule has 29 heavy (non-hydrogen) atoms. The number of halogens is 1. The second-order valence-corrected chi connectivity index (χ2v) is 9.79. The summed E-state index contributed by atoms with van der Waals surface area (Å²) < 4.78 is 32.5. The first-order chi connectivity index (χ1) is 13.2. The van der Waals surface area contributed by atoms with Crippen LogP contribution in [-0.4, -0.2) is 83.1 Å². The summed E-state index contributed by atoms with van der Waals surface area (Å²) >= 11 is 0. The van der Waals surface area contributed by atoms with Crippen LogP contribution in [0.15, 0.2) is 4.99 Å².